The van der Waals surface area contributed by atoms with Crippen LogP contribution in [0.3, 0.4) is 0 Å². The van der Waals surface area contributed by atoms with Crippen LogP contribution in [0, 0.1) is 0 Å². The SMILES string of the molecule is COc1ccccc1CC(=O)NCCN1CCC(Oc2ccc(Cl)c(Cl)c2)CC1. The average Bonchev–Trinajstić information content (AvgIpc) is 2.72. The molecule has 1 amide bonds. The predicted octanol–water partition coefficient (Wildman–Crippen LogP) is 4.20. The van der Waals surface area contributed by atoms with Crippen molar-refractivity contribution in [3.05, 3.63) is 58.1 Å². The Balaban J connectivity index is 1.35. The van der Waals surface area contributed by atoms with Crippen molar-refractivity contribution in [3.63, 3.8) is 0 Å². The Hall–Kier alpha value is -1.95. The van der Waals surface area contributed by atoms with Crippen LogP contribution in [0.2, 0.25) is 10.0 Å². The Bertz CT molecular complexity index is 823. The minimum atomic E-state index is 0.00679. The van der Waals surface area contributed by atoms with Gasteiger partial charge in [0.2, 0.25) is 5.91 Å². The van der Waals surface area contributed by atoms with E-state index in [1.54, 1.807) is 19.2 Å². The number of piperidine rings is 1. The minimum absolute atomic E-state index is 0.00679. The van der Waals surface area contributed by atoms with E-state index in [2.05, 4.69) is 10.2 Å². The minimum Gasteiger partial charge on any atom is -0.496 e. The van der Waals surface area contributed by atoms with Crippen LogP contribution in [-0.4, -0.2) is 50.2 Å². The third-order valence-electron chi connectivity index (χ3n) is 5.02. The molecule has 1 heterocycles. The first-order valence-corrected chi connectivity index (χ1v) is 10.5. The van der Waals surface area contributed by atoms with Crippen molar-refractivity contribution in [2.75, 3.05) is 33.3 Å². The molecule has 3 rings (SSSR count). The Kier molecular flexibility index (Phi) is 8.04. The molecule has 0 aliphatic carbocycles. The van der Waals surface area contributed by atoms with Gasteiger partial charge in [-0.25, -0.2) is 0 Å². The van der Waals surface area contributed by atoms with E-state index in [-0.39, 0.29) is 12.0 Å². The third kappa shape index (κ3) is 6.53. The number of methoxy groups -OCH3 is 1. The molecule has 0 saturated carbocycles. The largest absolute Gasteiger partial charge is 0.496 e. The van der Waals surface area contributed by atoms with Gasteiger partial charge in [0.15, 0.2) is 0 Å². The molecule has 0 bridgehead atoms. The second-order valence-electron chi connectivity index (χ2n) is 7.07. The third-order valence-corrected chi connectivity index (χ3v) is 5.76. The normalized spacial score (nSPS) is 15.1. The van der Waals surface area contributed by atoms with Crippen LogP contribution in [0.5, 0.6) is 11.5 Å². The highest BCUT2D eigenvalue weighted by molar-refractivity contribution is 6.42. The van der Waals surface area contributed by atoms with Crippen LogP contribution < -0.4 is 14.8 Å². The van der Waals surface area contributed by atoms with Gasteiger partial charge in [-0.3, -0.25) is 4.79 Å². The number of rotatable bonds is 8. The number of carbonyl (C=O) groups excluding carboxylic acids is 1. The fourth-order valence-electron chi connectivity index (χ4n) is 3.43. The Labute approximate surface area is 181 Å². The van der Waals surface area contributed by atoms with E-state index in [1.165, 1.54) is 0 Å². The van der Waals surface area contributed by atoms with E-state index in [4.69, 9.17) is 32.7 Å². The molecule has 2 aromatic rings. The molecule has 1 aliphatic heterocycles. The number of ether oxygens (including phenoxy) is 2. The zero-order valence-electron chi connectivity index (χ0n) is 16.5. The molecule has 1 aliphatic rings. The van der Waals surface area contributed by atoms with Gasteiger partial charge in [0.25, 0.3) is 0 Å². The number of hydrogen-bond acceptors (Lipinski definition) is 4. The number of para-hydroxylation sites is 1. The first kappa shape index (κ1) is 21.8. The van der Waals surface area contributed by atoms with Crippen LogP contribution in [0.4, 0.5) is 0 Å². The molecule has 0 spiro atoms. The summed E-state index contributed by atoms with van der Waals surface area (Å²) >= 11 is 12.0. The number of hydrogen-bond donors (Lipinski definition) is 1. The average molecular weight is 437 g/mol. The van der Waals surface area contributed by atoms with E-state index < -0.39 is 0 Å². The van der Waals surface area contributed by atoms with Gasteiger partial charge in [0, 0.05) is 37.8 Å². The molecule has 1 N–H and O–H groups in total. The number of likely N-dealkylation sites (tertiary alicyclic amines) is 1. The molecular weight excluding hydrogens is 411 g/mol. The second kappa shape index (κ2) is 10.7. The molecule has 0 aromatic heterocycles. The summed E-state index contributed by atoms with van der Waals surface area (Å²) in [6.07, 6.45) is 2.37. The maximum Gasteiger partial charge on any atom is 0.224 e. The molecule has 0 unspecified atom stereocenters. The summed E-state index contributed by atoms with van der Waals surface area (Å²) in [6.45, 7) is 3.34. The standard InChI is InChI=1S/C22H26Cl2N2O3/c1-28-21-5-3-2-4-16(21)14-22(27)25-10-13-26-11-8-17(9-12-26)29-18-6-7-19(23)20(24)15-18/h2-7,15,17H,8-14H2,1H3,(H,25,27). The molecule has 7 heteroatoms. The summed E-state index contributed by atoms with van der Waals surface area (Å²) in [4.78, 5) is 14.5. The molecular formula is C22H26Cl2N2O3. The van der Waals surface area contributed by atoms with Crippen molar-refractivity contribution >= 4 is 29.1 Å². The van der Waals surface area contributed by atoms with Crippen molar-refractivity contribution < 1.29 is 14.3 Å². The van der Waals surface area contributed by atoms with Crippen LogP contribution in [-0.2, 0) is 11.2 Å². The lowest BCUT2D eigenvalue weighted by Crippen LogP contribution is -2.42. The van der Waals surface area contributed by atoms with Gasteiger partial charge < -0.3 is 19.7 Å². The van der Waals surface area contributed by atoms with Gasteiger partial charge in [-0.05, 0) is 31.0 Å². The van der Waals surface area contributed by atoms with E-state index in [1.807, 2.05) is 30.3 Å². The Morgan fingerprint density at radius 3 is 2.62 bits per heavy atom. The number of nitrogens with one attached hydrogen (secondary N) is 1. The number of halogens is 2. The van der Waals surface area contributed by atoms with Crippen molar-refractivity contribution in [3.8, 4) is 11.5 Å². The molecule has 156 valence electrons. The van der Waals surface area contributed by atoms with E-state index in [9.17, 15) is 4.79 Å². The van der Waals surface area contributed by atoms with Crippen LogP contribution in [0.15, 0.2) is 42.5 Å². The highest BCUT2D eigenvalue weighted by Crippen LogP contribution is 2.28. The lowest BCUT2D eigenvalue weighted by molar-refractivity contribution is -0.120. The maximum absolute atomic E-state index is 12.2. The van der Waals surface area contributed by atoms with Crippen LogP contribution in [0.1, 0.15) is 18.4 Å². The Morgan fingerprint density at radius 2 is 1.90 bits per heavy atom. The quantitative estimate of drug-likeness (QED) is 0.673. The van der Waals surface area contributed by atoms with E-state index in [0.717, 1.165) is 49.5 Å². The molecule has 1 saturated heterocycles. The topological polar surface area (TPSA) is 50.8 Å². The van der Waals surface area contributed by atoms with Crippen LogP contribution >= 0.6 is 23.2 Å². The lowest BCUT2D eigenvalue weighted by atomic mass is 10.1. The highest BCUT2D eigenvalue weighted by atomic mass is 35.5. The zero-order valence-corrected chi connectivity index (χ0v) is 18.0. The summed E-state index contributed by atoms with van der Waals surface area (Å²) < 4.78 is 11.3. The van der Waals surface area contributed by atoms with Gasteiger partial charge in [0.05, 0.1) is 23.6 Å². The van der Waals surface area contributed by atoms with E-state index in [0.29, 0.717) is 23.0 Å². The monoisotopic (exact) mass is 436 g/mol. The molecule has 5 nitrogen and oxygen atoms in total. The number of carbonyl (C=O) groups is 1. The summed E-state index contributed by atoms with van der Waals surface area (Å²) in [5.41, 5.74) is 0.896. The second-order valence-corrected chi connectivity index (χ2v) is 7.89. The molecule has 29 heavy (non-hydrogen) atoms. The van der Waals surface area contributed by atoms with E-state index >= 15 is 0 Å². The first-order chi connectivity index (χ1) is 14.0. The van der Waals surface area contributed by atoms with Gasteiger partial charge in [0.1, 0.15) is 17.6 Å². The van der Waals surface area contributed by atoms with Crippen molar-refractivity contribution in [1.29, 1.82) is 0 Å². The maximum atomic E-state index is 12.2. The molecule has 0 radical (unpaired) electrons. The fraction of sp³-hybridized carbons (Fsp3) is 0.409. The smallest absolute Gasteiger partial charge is 0.224 e. The predicted molar refractivity (Wildman–Crippen MR) is 116 cm³/mol. The van der Waals surface area contributed by atoms with Crippen molar-refractivity contribution in [2.24, 2.45) is 0 Å². The molecule has 1 fully saturated rings. The molecule has 0 atom stereocenters. The summed E-state index contributed by atoms with van der Waals surface area (Å²) in [6, 6.07) is 12.9. The lowest BCUT2D eigenvalue weighted by Gasteiger charge is -2.32. The van der Waals surface area contributed by atoms with Gasteiger partial charge in [-0.1, -0.05) is 41.4 Å². The zero-order chi connectivity index (χ0) is 20.6. The number of benzene rings is 2. The summed E-state index contributed by atoms with van der Waals surface area (Å²) in [5.74, 6) is 1.50. The fourth-order valence-corrected chi connectivity index (χ4v) is 3.72. The van der Waals surface area contributed by atoms with Crippen molar-refractivity contribution in [1.82, 2.24) is 10.2 Å². The number of amides is 1. The van der Waals surface area contributed by atoms with Gasteiger partial charge >= 0.3 is 0 Å². The Morgan fingerprint density at radius 1 is 1.14 bits per heavy atom. The van der Waals surface area contributed by atoms with Gasteiger partial charge in [-0.15, -0.1) is 0 Å². The summed E-state index contributed by atoms with van der Waals surface area (Å²) in [7, 11) is 1.62. The highest BCUT2D eigenvalue weighted by Gasteiger charge is 2.20. The number of nitrogens with zero attached hydrogens (tertiary/aromatic N) is 1. The first-order valence-electron chi connectivity index (χ1n) is 9.78. The van der Waals surface area contributed by atoms with Crippen LogP contribution in [0.25, 0.3) is 0 Å². The summed E-state index contributed by atoms with van der Waals surface area (Å²) in [5, 5.41) is 4.03. The van der Waals surface area contributed by atoms with Crippen molar-refractivity contribution in [2.45, 2.75) is 25.4 Å². The van der Waals surface area contributed by atoms with Gasteiger partial charge in [-0.2, -0.15) is 0 Å². The molecule has 2 aromatic carbocycles.